The lowest BCUT2D eigenvalue weighted by Crippen LogP contribution is -2.43. The van der Waals surface area contributed by atoms with Gasteiger partial charge in [-0.25, -0.2) is 0 Å². The number of nitriles is 1. The van der Waals surface area contributed by atoms with Gasteiger partial charge in [-0.1, -0.05) is 6.92 Å². The van der Waals surface area contributed by atoms with Crippen LogP contribution in [0.25, 0.3) is 0 Å². The Labute approximate surface area is 106 Å². The fourth-order valence-corrected chi connectivity index (χ4v) is 2.43. The molecular weight excluding hydrogens is 212 g/mol. The summed E-state index contributed by atoms with van der Waals surface area (Å²) in [5.41, 5.74) is 0. The monoisotopic (exact) mass is 238 g/mol. The molecule has 4 nitrogen and oxygen atoms in total. The van der Waals surface area contributed by atoms with Crippen LogP contribution in [0.15, 0.2) is 0 Å². The first-order valence-electron chi connectivity index (χ1n) is 6.69. The number of rotatable bonds is 7. The molecule has 1 fully saturated rings. The van der Waals surface area contributed by atoms with E-state index in [0.29, 0.717) is 6.04 Å². The molecule has 0 radical (unpaired) electrons. The van der Waals surface area contributed by atoms with Crippen molar-refractivity contribution in [2.45, 2.75) is 38.3 Å². The normalized spacial score (nSPS) is 22.9. The summed E-state index contributed by atoms with van der Waals surface area (Å²) in [6, 6.07) is 2.97. The predicted octanol–water partition coefficient (Wildman–Crippen LogP) is 0.904. The van der Waals surface area contributed by atoms with Crippen molar-refractivity contribution >= 4 is 0 Å². The van der Waals surface area contributed by atoms with Crippen molar-refractivity contribution in [1.29, 1.82) is 5.26 Å². The molecule has 0 aromatic carbocycles. The maximum absolute atomic E-state index is 9.06. The molecule has 4 heteroatoms. The van der Waals surface area contributed by atoms with Crippen LogP contribution in [-0.4, -0.2) is 62.2 Å². The van der Waals surface area contributed by atoms with Gasteiger partial charge in [-0.3, -0.25) is 0 Å². The Kier molecular flexibility index (Phi) is 6.49. The lowest BCUT2D eigenvalue weighted by atomic mass is 10.2. The van der Waals surface area contributed by atoms with Gasteiger partial charge >= 0.3 is 0 Å². The van der Waals surface area contributed by atoms with Crippen molar-refractivity contribution in [3.63, 3.8) is 0 Å². The van der Waals surface area contributed by atoms with E-state index in [-0.39, 0.29) is 6.04 Å². The SMILES string of the molecule is CCCNC(C#N)CN(C)CC1CCCN1C. The van der Waals surface area contributed by atoms with E-state index in [1.54, 1.807) is 0 Å². The average molecular weight is 238 g/mol. The molecule has 0 aromatic rings. The van der Waals surface area contributed by atoms with Crippen LogP contribution in [0.2, 0.25) is 0 Å². The molecule has 0 aliphatic carbocycles. The summed E-state index contributed by atoms with van der Waals surface area (Å²) < 4.78 is 0. The van der Waals surface area contributed by atoms with Gasteiger partial charge in [0, 0.05) is 19.1 Å². The third kappa shape index (κ3) is 5.03. The number of nitrogens with zero attached hydrogens (tertiary/aromatic N) is 3. The third-order valence-corrected chi connectivity index (χ3v) is 3.48. The van der Waals surface area contributed by atoms with Crippen molar-refractivity contribution in [2.24, 2.45) is 0 Å². The van der Waals surface area contributed by atoms with E-state index >= 15 is 0 Å². The molecule has 2 atom stereocenters. The van der Waals surface area contributed by atoms with E-state index in [1.807, 2.05) is 0 Å². The van der Waals surface area contributed by atoms with Crippen LogP contribution < -0.4 is 5.32 Å². The predicted molar refractivity (Wildman–Crippen MR) is 70.8 cm³/mol. The highest BCUT2D eigenvalue weighted by Crippen LogP contribution is 2.15. The first-order valence-corrected chi connectivity index (χ1v) is 6.69. The summed E-state index contributed by atoms with van der Waals surface area (Å²) in [5, 5.41) is 12.3. The minimum atomic E-state index is -0.0355. The Morgan fingerprint density at radius 2 is 2.35 bits per heavy atom. The van der Waals surface area contributed by atoms with Crippen LogP contribution in [0.3, 0.4) is 0 Å². The number of likely N-dealkylation sites (tertiary alicyclic amines) is 1. The number of hydrogen-bond donors (Lipinski definition) is 1. The molecule has 1 rings (SSSR count). The lowest BCUT2D eigenvalue weighted by molar-refractivity contribution is 0.213. The molecule has 1 saturated heterocycles. The summed E-state index contributed by atoms with van der Waals surface area (Å²) in [6.45, 7) is 6.16. The molecule has 2 unspecified atom stereocenters. The van der Waals surface area contributed by atoms with E-state index in [4.69, 9.17) is 5.26 Å². The van der Waals surface area contributed by atoms with Gasteiger partial charge in [0.25, 0.3) is 0 Å². The summed E-state index contributed by atoms with van der Waals surface area (Å²) in [7, 11) is 4.31. The smallest absolute Gasteiger partial charge is 0.108 e. The van der Waals surface area contributed by atoms with Gasteiger partial charge in [-0.05, 0) is 46.4 Å². The van der Waals surface area contributed by atoms with Crippen LogP contribution >= 0.6 is 0 Å². The molecule has 1 aliphatic rings. The largest absolute Gasteiger partial charge is 0.302 e. The number of hydrogen-bond acceptors (Lipinski definition) is 4. The number of nitrogens with one attached hydrogen (secondary N) is 1. The Morgan fingerprint density at radius 1 is 1.59 bits per heavy atom. The minimum Gasteiger partial charge on any atom is -0.302 e. The Morgan fingerprint density at radius 3 is 2.88 bits per heavy atom. The highest BCUT2D eigenvalue weighted by atomic mass is 15.2. The van der Waals surface area contributed by atoms with Gasteiger partial charge in [-0.15, -0.1) is 0 Å². The van der Waals surface area contributed by atoms with E-state index in [0.717, 1.165) is 26.1 Å². The second kappa shape index (κ2) is 7.65. The molecule has 0 bridgehead atoms. The zero-order valence-corrected chi connectivity index (χ0v) is 11.4. The van der Waals surface area contributed by atoms with Crippen LogP contribution in [-0.2, 0) is 0 Å². The van der Waals surface area contributed by atoms with Crippen molar-refractivity contribution in [3.8, 4) is 6.07 Å². The molecular formula is C13H26N4. The maximum Gasteiger partial charge on any atom is 0.108 e. The van der Waals surface area contributed by atoms with Crippen molar-refractivity contribution < 1.29 is 0 Å². The van der Waals surface area contributed by atoms with E-state index < -0.39 is 0 Å². The van der Waals surface area contributed by atoms with Gasteiger partial charge in [-0.2, -0.15) is 5.26 Å². The summed E-state index contributed by atoms with van der Waals surface area (Å²) in [6.07, 6.45) is 3.68. The minimum absolute atomic E-state index is 0.0355. The fourth-order valence-electron chi connectivity index (χ4n) is 2.43. The Hall–Kier alpha value is -0.630. The Balaban J connectivity index is 2.27. The van der Waals surface area contributed by atoms with Crippen LogP contribution in [0, 0.1) is 11.3 Å². The molecule has 0 spiro atoms. The molecule has 1 N–H and O–H groups in total. The highest BCUT2D eigenvalue weighted by Gasteiger charge is 2.22. The average Bonchev–Trinajstić information content (AvgIpc) is 2.70. The first-order chi connectivity index (χ1) is 8.17. The zero-order chi connectivity index (χ0) is 12.7. The summed E-state index contributed by atoms with van der Waals surface area (Å²) in [4.78, 5) is 4.71. The second-order valence-corrected chi connectivity index (χ2v) is 5.13. The molecule has 98 valence electrons. The fraction of sp³-hybridized carbons (Fsp3) is 0.923. The van der Waals surface area contributed by atoms with Crippen molar-refractivity contribution in [2.75, 3.05) is 40.3 Å². The maximum atomic E-state index is 9.06. The molecule has 17 heavy (non-hydrogen) atoms. The quantitative estimate of drug-likeness (QED) is 0.716. The molecule has 0 saturated carbocycles. The first kappa shape index (κ1) is 14.4. The summed E-state index contributed by atoms with van der Waals surface area (Å²) in [5.74, 6) is 0. The van der Waals surface area contributed by atoms with Crippen LogP contribution in [0.1, 0.15) is 26.2 Å². The van der Waals surface area contributed by atoms with Crippen LogP contribution in [0.4, 0.5) is 0 Å². The van der Waals surface area contributed by atoms with Gasteiger partial charge in [0.05, 0.1) is 6.07 Å². The number of likely N-dealkylation sites (N-methyl/N-ethyl adjacent to an activating group) is 2. The summed E-state index contributed by atoms with van der Waals surface area (Å²) >= 11 is 0. The second-order valence-electron chi connectivity index (χ2n) is 5.13. The van der Waals surface area contributed by atoms with Gasteiger partial charge in [0.2, 0.25) is 0 Å². The topological polar surface area (TPSA) is 42.3 Å². The standard InChI is InChI=1S/C13H26N4/c1-4-7-15-12(9-14)10-16(2)11-13-6-5-8-17(13)3/h12-13,15H,4-8,10-11H2,1-3H3. The molecule has 0 amide bonds. The van der Waals surface area contributed by atoms with Gasteiger partial charge in [0.1, 0.15) is 6.04 Å². The van der Waals surface area contributed by atoms with Gasteiger partial charge in [0.15, 0.2) is 0 Å². The van der Waals surface area contributed by atoms with Crippen molar-refractivity contribution in [3.05, 3.63) is 0 Å². The lowest BCUT2D eigenvalue weighted by Gasteiger charge is -2.27. The highest BCUT2D eigenvalue weighted by molar-refractivity contribution is 4.92. The van der Waals surface area contributed by atoms with Gasteiger partial charge < -0.3 is 15.1 Å². The molecule has 1 aliphatic heterocycles. The third-order valence-electron chi connectivity index (χ3n) is 3.48. The van der Waals surface area contributed by atoms with Crippen LogP contribution in [0.5, 0.6) is 0 Å². The van der Waals surface area contributed by atoms with E-state index in [1.165, 1.54) is 19.4 Å². The molecule has 1 heterocycles. The zero-order valence-electron chi connectivity index (χ0n) is 11.4. The molecule has 0 aromatic heterocycles. The van der Waals surface area contributed by atoms with E-state index in [2.05, 4.69) is 42.2 Å². The Bertz CT molecular complexity index is 248. The van der Waals surface area contributed by atoms with Crippen molar-refractivity contribution in [1.82, 2.24) is 15.1 Å². The van der Waals surface area contributed by atoms with E-state index in [9.17, 15) is 0 Å².